The van der Waals surface area contributed by atoms with Gasteiger partial charge >= 0.3 is 0 Å². The van der Waals surface area contributed by atoms with Crippen molar-refractivity contribution in [2.24, 2.45) is 0 Å². The average molecular weight is 367 g/mol. The van der Waals surface area contributed by atoms with E-state index in [0.717, 1.165) is 0 Å². The standard InChI is InChI=1S/C18H39BrS/c1-4-7-10-13-16-20(19,17-14-11-8-5-2)18-15-12-9-6-3/h4-18H2,1-3H3. The zero-order valence-electron chi connectivity index (χ0n) is 14.4. The molecule has 0 heterocycles. The Bertz CT molecular complexity index is 163. The van der Waals surface area contributed by atoms with Crippen molar-refractivity contribution in [1.82, 2.24) is 0 Å². The van der Waals surface area contributed by atoms with Gasteiger partial charge in [-0.2, -0.15) is 8.46 Å². The van der Waals surface area contributed by atoms with Crippen LogP contribution < -0.4 is 0 Å². The molecule has 0 saturated heterocycles. The highest BCUT2D eigenvalue weighted by Gasteiger charge is 2.19. The van der Waals surface area contributed by atoms with Crippen LogP contribution in [0.2, 0.25) is 0 Å². The zero-order valence-corrected chi connectivity index (χ0v) is 16.8. The van der Waals surface area contributed by atoms with Crippen molar-refractivity contribution >= 4 is 23.3 Å². The van der Waals surface area contributed by atoms with E-state index in [0.29, 0.717) is 0 Å². The van der Waals surface area contributed by atoms with Gasteiger partial charge in [0.1, 0.15) is 0 Å². The van der Waals surface area contributed by atoms with E-state index in [-0.39, 0.29) is 0 Å². The van der Waals surface area contributed by atoms with Crippen LogP contribution in [0.15, 0.2) is 0 Å². The molecule has 0 rings (SSSR count). The van der Waals surface area contributed by atoms with E-state index in [1.54, 1.807) is 0 Å². The summed E-state index contributed by atoms with van der Waals surface area (Å²) in [7, 11) is -0.468. The van der Waals surface area contributed by atoms with E-state index in [9.17, 15) is 0 Å². The first-order chi connectivity index (χ1) is 9.68. The third-order valence-corrected chi connectivity index (χ3v) is 10.1. The first-order valence-electron chi connectivity index (χ1n) is 9.14. The van der Waals surface area contributed by atoms with E-state index < -0.39 is 8.46 Å². The molecule has 0 bridgehead atoms. The highest BCUT2D eigenvalue weighted by molar-refractivity contribution is 9.58. The van der Waals surface area contributed by atoms with Crippen LogP contribution in [0.25, 0.3) is 0 Å². The second-order valence-electron chi connectivity index (χ2n) is 6.23. The third kappa shape index (κ3) is 12.6. The smallest absolute Gasteiger partial charge is 0.0136 e. The minimum absolute atomic E-state index is 0.468. The number of halogens is 1. The minimum Gasteiger partial charge on any atom is -0.183 e. The summed E-state index contributed by atoms with van der Waals surface area (Å²) in [4.78, 5) is 0. The predicted octanol–water partition coefficient (Wildman–Crippen LogP) is 7.84. The van der Waals surface area contributed by atoms with Crippen LogP contribution in [0.1, 0.15) is 97.8 Å². The number of hydrogen-bond acceptors (Lipinski definition) is 0. The average Bonchev–Trinajstić information content (AvgIpc) is 2.45. The number of hydrogen-bond donors (Lipinski definition) is 0. The molecule has 0 spiro atoms. The molecule has 20 heavy (non-hydrogen) atoms. The van der Waals surface area contributed by atoms with Gasteiger partial charge in [0, 0.05) is 0 Å². The van der Waals surface area contributed by atoms with Crippen molar-refractivity contribution in [3.63, 3.8) is 0 Å². The van der Waals surface area contributed by atoms with Crippen LogP contribution >= 0.6 is 23.3 Å². The summed E-state index contributed by atoms with van der Waals surface area (Å²) in [6.45, 7) is 6.93. The van der Waals surface area contributed by atoms with Crippen molar-refractivity contribution < 1.29 is 0 Å². The molecule has 0 nitrogen and oxygen atoms in total. The normalized spacial score (nSPS) is 12.8. The first kappa shape index (κ1) is 20.8. The number of unbranched alkanes of at least 4 members (excludes halogenated alkanes) is 9. The summed E-state index contributed by atoms with van der Waals surface area (Å²) in [5.74, 6) is 4.43. The lowest BCUT2D eigenvalue weighted by Gasteiger charge is -2.34. The van der Waals surface area contributed by atoms with Gasteiger partial charge in [-0.05, 0) is 51.3 Å². The van der Waals surface area contributed by atoms with Gasteiger partial charge in [-0.15, -0.1) is 0 Å². The Kier molecular flexibility index (Phi) is 15.4. The molecule has 0 saturated carbocycles. The molecule has 0 radical (unpaired) electrons. The minimum atomic E-state index is -0.468. The molecule has 0 aromatic rings. The van der Waals surface area contributed by atoms with Gasteiger partial charge in [-0.25, -0.2) is 0 Å². The first-order valence-corrected chi connectivity index (χ1v) is 13.1. The highest BCUT2D eigenvalue weighted by Crippen LogP contribution is 2.57. The fourth-order valence-electron chi connectivity index (χ4n) is 2.67. The van der Waals surface area contributed by atoms with E-state index in [1.165, 1.54) is 94.3 Å². The lowest BCUT2D eigenvalue weighted by molar-refractivity contribution is 0.690. The molecular formula is C18H39BrS. The van der Waals surface area contributed by atoms with E-state index >= 15 is 0 Å². The van der Waals surface area contributed by atoms with Gasteiger partial charge in [-0.1, -0.05) is 78.6 Å². The van der Waals surface area contributed by atoms with E-state index in [2.05, 4.69) is 35.6 Å². The molecule has 124 valence electrons. The zero-order chi connectivity index (χ0) is 15.1. The summed E-state index contributed by atoms with van der Waals surface area (Å²) >= 11 is 4.23. The topological polar surface area (TPSA) is 0 Å². The fraction of sp³-hybridized carbons (Fsp3) is 1.00. The van der Waals surface area contributed by atoms with E-state index in [4.69, 9.17) is 0 Å². The Labute approximate surface area is 138 Å². The Morgan fingerprint density at radius 2 is 0.800 bits per heavy atom. The third-order valence-electron chi connectivity index (χ3n) is 4.09. The van der Waals surface area contributed by atoms with Gasteiger partial charge in [0.25, 0.3) is 0 Å². The molecule has 0 unspecified atom stereocenters. The molecule has 0 fully saturated rings. The maximum absolute atomic E-state index is 4.23. The maximum Gasteiger partial charge on any atom is -0.0136 e. The Hall–Kier alpha value is 0.830. The quantitative estimate of drug-likeness (QED) is 0.259. The van der Waals surface area contributed by atoms with Gasteiger partial charge in [0.2, 0.25) is 0 Å². The lowest BCUT2D eigenvalue weighted by atomic mass is 10.2. The lowest BCUT2D eigenvalue weighted by Crippen LogP contribution is -2.08. The molecular weight excluding hydrogens is 328 g/mol. The Balaban J connectivity index is 3.98. The SMILES string of the molecule is CCCCCCS(Br)(CCCCCC)CCCCCC. The second kappa shape index (κ2) is 14.8. The summed E-state index contributed by atoms with van der Waals surface area (Å²) in [5, 5.41) is 0. The monoisotopic (exact) mass is 366 g/mol. The van der Waals surface area contributed by atoms with Crippen molar-refractivity contribution in [1.29, 1.82) is 0 Å². The van der Waals surface area contributed by atoms with Crippen molar-refractivity contribution in [2.45, 2.75) is 97.8 Å². The van der Waals surface area contributed by atoms with Crippen molar-refractivity contribution in [2.75, 3.05) is 17.3 Å². The summed E-state index contributed by atoms with van der Waals surface area (Å²) in [5.41, 5.74) is 0. The highest BCUT2D eigenvalue weighted by atomic mass is 79.9. The van der Waals surface area contributed by atoms with Crippen LogP contribution in [0.4, 0.5) is 0 Å². The van der Waals surface area contributed by atoms with Gasteiger partial charge < -0.3 is 0 Å². The predicted molar refractivity (Wildman–Crippen MR) is 104 cm³/mol. The molecule has 0 amide bonds. The van der Waals surface area contributed by atoms with Crippen molar-refractivity contribution in [3.8, 4) is 0 Å². The molecule has 0 aliphatic carbocycles. The molecule has 0 aromatic heterocycles. The summed E-state index contributed by atoms with van der Waals surface area (Å²) in [6, 6.07) is 0. The Morgan fingerprint density at radius 1 is 0.500 bits per heavy atom. The maximum atomic E-state index is 4.23. The van der Waals surface area contributed by atoms with Gasteiger partial charge in [-0.3, -0.25) is 0 Å². The van der Waals surface area contributed by atoms with Crippen LogP contribution in [0, 0.1) is 0 Å². The van der Waals surface area contributed by atoms with Crippen LogP contribution in [0.5, 0.6) is 0 Å². The van der Waals surface area contributed by atoms with Crippen LogP contribution in [-0.2, 0) is 0 Å². The van der Waals surface area contributed by atoms with E-state index in [1.807, 2.05) is 0 Å². The van der Waals surface area contributed by atoms with Gasteiger partial charge in [0.15, 0.2) is 0 Å². The number of rotatable bonds is 15. The second-order valence-corrected chi connectivity index (χ2v) is 13.5. The molecule has 0 aliphatic heterocycles. The molecule has 0 N–H and O–H groups in total. The molecule has 0 aliphatic rings. The molecule has 0 atom stereocenters. The largest absolute Gasteiger partial charge is 0.183 e. The summed E-state index contributed by atoms with van der Waals surface area (Å²) < 4.78 is 0. The van der Waals surface area contributed by atoms with Crippen molar-refractivity contribution in [3.05, 3.63) is 0 Å². The molecule has 2 heteroatoms. The molecule has 0 aromatic carbocycles. The van der Waals surface area contributed by atoms with Crippen LogP contribution in [-0.4, -0.2) is 17.3 Å². The fourth-order valence-corrected chi connectivity index (χ4v) is 7.51. The van der Waals surface area contributed by atoms with Crippen LogP contribution in [0.3, 0.4) is 0 Å². The van der Waals surface area contributed by atoms with Gasteiger partial charge in [0.05, 0.1) is 0 Å². The Morgan fingerprint density at radius 3 is 1.05 bits per heavy atom. The summed E-state index contributed by atoms with van der Waals surface area (Å²) in [6.07, 6.45) is 17.0.